The van der Waals surface area contributed by atoms with Gasteiger partial charge in [0.05, 0.1) is 5.56 Å². The molecule has 0 amide bonds. The number of nitrogens with zero attached hydrogens (tertiary/aromatic N) is 1. The number of benzene rings is 1. The Morgan fingerprint density at radius 3 is 2.15 bits per heavy atom. The van der Waals surface area contributed by atoms with E-state index in [0.29, 0.717) is 12.6 Å². The highest BCUT2D eigenvalue weighted by Gasteiger charge is 2.30. The molecular weight excluding hydrogens is 303 g/mol. The van der Waals surface area contributed by atoms with Crippen LogP contribution in [0.15, 0.2) is 24.3 Å². The zero-order valence-corrected chi connectivity index (χ0v) is 13.0. The first-order valence-electron chi connectivity index (χ1n) is 6.48. The lowest BCUT2D eigenvalue weighted by Gasteiger charge is -2.26. The monoisotopic (exact) mass is 321 g/mol. The number of halogens is 3. The minimum absolute atomic E-state index is 0.495. The Labute approximate surface area is 126 Å². The highest BCUT2D eigenvalue weighted by atomic mass is 32.2. The third-order valence-corrected chi connectivity index (χ3v) is 5.81. The Kier molecular flexibility index (Phi) is 5.69. The van der Waals surface area contributed by atoms with E-state index >= 15 is 0 Å². The Morgan fingerprint density at radius 1 is 1.10 bits per heavy atom. The SMILES string of the molecule is CN(Cc1ccc(C(F)(F)F)cc1)C1CSCCSC1. The fraction of sp³-hybridized carbons (Fsp3) is 0.571. The molecule has 6 heteroatoms. The molecule has 112 valence electrons. The van der Waals surface area contributed by atoms with Gasteiger partial charge in [-0.25, -0.2) is 0 Å². The molecule has 2 rings (SSSR count). The van der Waals surface area contributed by atoms with Crippen LogP contribution < -0.4 is 0 Å². The van der Waals surface area contributed by atoms with Gasteiger partial charge in [-0.05, 0) is 24.7 Å². The molecule has 1 heterocycles. The second-order valence-electron chi connectivity index (χ2n) is 4.91. The number of rotatable bonds is 3. The van der Waals surface area contributed by atoms with Crippen LogP contribution in [0.5, 0.6) is 0 Å². The smallest absolute Gasteiger partial charge is 0.298 e. The summed E-state index contributed by atoms with van der Waals surface area (Å²) in [6.07, 6.45) is -4.25. The first-order valence-corrected chi connectivity index (χ1v) is 8.79. The summed E-state index contributed by atoms with van der Waals surface area (Å²) in [6.45, 7) is 0.698. The predicted octanol–water partition coefficient (Wildman–Crippen LogP) is 3.99. The van der Waals surface area contributed by atoms with E-state index < -0.39 is 11.7 Å². The van der Waals surface area contributed by atoms with Crippen LogP contribution in [0.25, 0.3) is 0 Å². The predicted molar refractivity (Wildman–Crippen MR) is 81.3 cm³/mol. The molecule has 0 unspecified atom stereocenters. The summed E-state index contributed by atoms with van der Waals surface area (Å²) in [7, 11) is 2.05. The fourth-order valence-electron chi connectivity index (χ4n) is 2.08. The molecule has 1 aliphatic heterocycles. The third kappa shape index (κ3) is 4.60. The van der Waals surface area contributed by atoms with Gasteiger partial charge in [0.15, 0.2) is 0 Å². The van der Waals surface area contributed by atoms with E-state index in [1.165, 1.54) is 23.6 Å². The standard InChI is InChI=1S/C14H18F3NS2/c1-18(13-9-19-6-7-20-10-13)8-11-2-4-12(5-3-11)14(15,16)17/h2-5,13H,6-10H2,1H3. The van der Waals surface area contributed by atoms with E-state index in [2.05, 4.69) is 11.9 Å². The molecule has 20 heavy (non-hydrogen) atoms. The molecule has 0 bridgehead atoms. The van der Waals surface area contributed by atoms with Crippen molar-refractivity contribution < 1.29 is 13.2 Å². The summed E-state index contributed by atoms with van der Waals surface area (Å²) in [4.78, 5) is 2.24. The van der Waals surface area contributed by atoms with Gasteiger partial charge in [-0.2, -0.15) is 36.7 Å². The van der Waals surface area contributed by atoms with Crippen molar-refractivity contribution in [2.45, 2.75) is 18.8 Å². The number of hydrogen-bond acceptors (Lipinski definition) is 3. The van der Waals surface area contributed by atoms with Gasteiger partial charge in [-0.3, -0.25) is 4.90 Å². The largest absolute Gasteiger partial charge is 0.416 e. The molecule has 0 N–H and O–H groups in total. The fourth-order valence-corrected chi connectivity index (χ4v) is 4.79. The van der Waals surface area contributed by atoms with Gasteiger partial charge in [-0.15, -0.1) is 0 Å². The molecule has 1 saturated heterocycles. The quantitative estimate of drug-likeness (QED) is 0.829. The average molecular weight is 321 g/mol. The summed E-state index contributed by atoms with van der Waals surface area (Å²) < 4.78 is 37.5. The molecule has 1 aliphatic rings. The zero-order chi connectivity index (χ0) is 14.6. The first kappa shape index (κ1) is 16.0. The molecule has 0 atom stereocenters. The highest BCUT2D eigenvalue weighted by molar-refractivity contribution is 8.03. The van der Waals surface area contributed by atoms with E-state index in [1.807, 2.05) is 23.5 Å². The lowest BCUT2D eigenvalue weighted by atomic mass is 10.1. The third-order valence-electron chi connectivity index (χ3n) is 3.33. The van der Waals surface area contributed by atoms with Crippen LogP contribution in [0.1, 0.15) is 11.1 Å². The van der Waals surface area contributed by atoms with E-state index in [4.69, 9.17) is 0 Å². The minimum Gasteiger partial charge on any atom is -0.298 e. The molecule has 0 spiro atoms. The number of thioether (sulfide) groups is 2. The summed E-state index contributed by atoms with van der Waals surface area (Å²) in [5.41, 5.74) is 0.351. The highest BCUT2D eigenvalue weighted by Crippen LogP contribution is 2.29. The van der Waals surface area contributed by atoms with Crippen molar-refractivity contribution in [3.05, 3.63) is 35.4 Å². The van der Waals surface area contributed by atoms with Gasteiger partial charge in [0.25, 0.3) is 0 Å². The molecule has 1 fully saturated rings. The summed E-state index contributed by atoms with van der Waals surface area (Å²) in [5.74, 6) is 4.58. The minimum atomic E-state index is -4.25. The molecule has 1 aromatic carbocycles. The van der Waals surface area contributed by atoms with Crippen molar-refractivity contribution in [2.75, 3.05) is 30.1 Å². The lowest BCUT2D eigenvalue weighted by molar-refractivity contribution is -0.137. The molecule has 1 nitrogen and oxygen atoms in total. The van der Waals surface area contributed by atoms with Gasteiger partial charge in [0.1, 0.15) is 0 Å². The van der Waals surface area contributed by atoms with Crippen molar-refractivity contribution in [1.82, 2.24) is 4.90 Å². The average Bonchev–Trinajstić information content (AvgIpc) is 2.67. The van der Waals surface area contributed by atoms with Gasteiger partial charge in [0, 0.05) is 35.6 Å². The molecular formula is C14H18F3NS2. The van der Waals surface area contributed by atoms with Crippen LogP contribution in [0.3, 0.4) is 0 Å². The second kappa shape index (κ2) is 7.09. The molecule has 1 aromatic rings. The van der Waals surface area contributed by atoms with Gasteiger partial charge >= 0.3 is 6.18 Å². The summed E-state index contributed by atoms with van der Waals surface area (Å²) in [6, 6.07) is 5.99. The van der Waals surface area contributed by atoms with E-state index in [1.54, 1.807) is 12.1 Å². The van der Waals surface area contributed by atoms with Crippen LogP contribution in [0.2, 0.25) is 0 Å². The van der Waals surface area contributed by atoms with Crippen LogP contribution in [-0.2, 0) is 12.7 Å². The number of alkyl halides is 3. The topological polar surface area (TPSA) is 3.24 Å². The maximum atomic E-state index is 12.5. The van der Waals surface area contributed by atoms with Crippen molar-refractivity contribution >= 4 is 23.5 Å². The van der Waals surface area contributed by atoms with E-state index in [9.17, 15) is 13.2 Å². The summed E-state index contributed by atoms with van der Waals surface area (Å²) in [5, 5.41) is 0. The Hall–Kier alpha value is -0.330. The van der Waals surface area contributed by atoms with Crippen molar-refractivity contribution in [2.24, 2.45) is 0 Å². The van der Waals surface area contributed by atoms with Gasteiger partial charge in [-0.1, -0.05) is 12.1 Å². The van der Waals surface area contributed by atoms with E-state index in [-0.39, 0.29) is 0 Å². The normalized spacial score (nSPS) is 18.2. The molecule has 0 saturated carbocycles. The zero-order valence-electron chi connectivity index (χ0n) is 11.3. The maximum Gasteiger partial charge on any atom is 0.416 e. The lowest BCUT2D eigenvalue weighted by Crippen LogP contribution is -2.34. The maximum absolute atomic E-state index is 12.5. The van der Waals surface area contributed by atoms with Gasteiger partial charge in [0.2, 0.25) is 0 Å². The Morgan fingerprint density at radius 2 is 1.65 bits per heavy atom. The van der Waals surface area contributed by atoms with Crippen molar-refractivity contribution in [3.63, 3.8) is 0 Å². The van der Waals surface area contributed by atoms with Crippen LogP contribution in [0, 0.1) is 0 Å². The molecule has 0 radical (unpaired) electrons. The molecule has 0 aromatic heterocycles. The second-order valence-corrected chi connectivity index (χ2v) is 7.21. The first-order chi connectivity index (χ1) is 9.47. The van der Waals surface area contributed by atoms with Gasteiger partial charge < -0.3 is 0 Å². The van der Waals surface area contributed by atoms with E-state index in [0.717, 1.165) is 17.1 Å². The van der Waals surface area contributed by atoms with Crippen LogP contribution in [0.4, 0.5) is 13.2 Å². The van der Waals surface area contributed by atoms with Crippen LogP contribution >= 0.6 is 23.5 Å². The summed E-state index contributed by atoms with van der Waals surface area (Å²) >= 11 is 3.91. The number of hydrogen-bond donors (Lipinski definition) is 0. The van der Waals surface area contributed by atoms with Crippen molar-refractivity contribution in [1.29, 1.82) is 0 Å². The Bertz CT molecular complexity index is 411. The van der Waals surface area contributed by atoms with Crippen molar-refractivity contribution in [3.8, 4) is 0 Å². The molecule has 0 aliphatic carbocycles. The van der Waals surface area contributed by atoms with Crippen LogP contribution in [-0.4, -0.2) is 41.0 Å². The Balaban J connectivity index is 1.95.